The Labute approximate surface area is 183 Å². The lowest BCUT2D eigenvalue weighted by atomic mass is 9.71. The molecule has 2 aliphatic rings. The van der Waals surface area contributed by atoms with Crippen LogP contribution in [0.1, 0.15) is 36.8 Å². The number of allylic oxidation sites excluding steroid dienone is 3. The van der Waals surface area contributed by atoms with E-state index in [0.29, 0.717) is 12.0 Å². The highest BCUT2D eigenvalue weighted by molar-refractivity contribution is 5.96. The van der Waals surface area contributed by atoms with E-state index in [1.165, 1.54) is 0 Å². The first-order valence-electron chi connectivity index (χ1n) is 10.6. The van der Waals surface area contributed by atoms with Gasteiger partial charge >= 0.3 is 5.97 Å². The minimum absolute atomic E-state index is 0.160. The average molecular weight is 417 g/mol. The fourth-order valence-electron chi connectivity index (χ4n) is 4.42. The summed E-state index contributed by atoms with van der Waals surface area (Å²) in [5, 5.41) is 3.32. The maximum Gasteiger partial charge on any atom is 0.336 e. The average Bonchev–Trinajstić information content (AvgIpc) is 2.77. The lowest BCUT2D eigenvalue weighted by molar-refractivity contribution is -0.141. The predicted molar refractivity (Wildman–Crippen MR) is 121 cm³/mol. The molecule has 2 atom stereocenters. The number of ketones is 1. The molecule has 0 bridgehead atoms. The van der Waals surface area contributed by atoms with E-state index in [2.05, 4.69) is 11.4 Å². The van der Waals surface area contributed by atoms with Crippen molar-refractivity contribution >= 4 is 17.4 Å². The third-order valence-corrected chi connectivity index (χ3v) is 6.02. The maximum absolute atomic E-state index is 13.3. The van der Waals surface area contributed by atoms with Crippen molar-refractivity contribution in [3.05, 3.63) is 88.8 Å². The first-order chi connectivity index (χ1) is 15.0. The van der Waals surface area contributed by atoms with Gasteiger partial charge in [-0.25, -0.2) is 4.79 Å². The van der Waals surface area contributed by atoms with Crippen LogP contribution in [0.3, 0.4) is 0 Å². The van der Waals surface area contributed by atoms with Crippen LogP contribution >= 0.6 is 0 Å². The number of benzene rings is 2. The Hall–Kier alpha value is -3.34. The van der Waals surface area contributed by atoms with Gasteiger partial charge in [0.05, 0.1) is 11.5 Å². The molecule has 2 aromatic rings. The first-order valence-corrected chi connectivity index (χ1v) is 10.6. The van der Waals surface area contributed by atoms with Crippen molar-refractivity contribution < 1.29 is 14.3 Å². The van der Waals surface area contributed by atoms with Gasteiger partial charge in [0, 0.05) is 43.5 Å². The Morgan fingerprint density at radius 3 is 2.45 bits per heavy atom. The molecular formula is C26H28N2O3. The number of hydrogen-bond acceptors (Lipinski definition) is 5. The molecule has 31 heavy (non-hydrogen) atoms. The summed E-state index contributed by atoms with van der Waals surface area (Å²) in [5.74, 6) is -0.970. The Kier molecular flexibility index (Phi) is 5.94. The second kappa shape index (κ2) is 8.80. The Morgan fingerprint density at radius 1 is 1.06 bits per heavy atom. The zero-order chi connectivity index (χ0) is 22.0. The molecule has 0 spiro atoms. The molecule has 1 aliphatic heterocycles. The number of carbonyl (C=O) groups is 2. The number of ether oxygens (including phenoxy) is 1. The van der Waals surface area contributed by atoms with Crippen LogP contribution in [0, 0.1) is 5.92 Å². The summed E-state index contributed by atoms with van der Waals surface area (Å²) in [6.45, 7) is 2.08. The van der Waals surface area contributed by atoms with E-state index in [9.17, 15) is 9.59 Å². The monoisotopic (exact) mass is 416 g/mol. The number of carbonyl (C=O) groups excluding carboxylic acids is 2. The van der Waals surface area contributed by atoms with Gasteiger partial charge < -0.3 is 15.0 Å². The molecule has 1 aliphatic carbocycles. The second-order valence-electron chi connectivity index (χ2n) is 8.33. The van der Waals surface area contributed by atoms with Crippen LogP contribution in [0.15, 0.2) is 77.6 Å². The molecule has 2 unspecified atom stereocenters. The van der Waals surface area contributed by atoms with Crippen LogP contribution in [0.25, 0.3) is 0 Å². The molecule has 0 fully saturated rings. The molecule has 4 rings (SSSR count). The summed E-state index contributed by atoms with van der Waals surface area (Å²) in [6, 6.07) is 17.7. The highest BCUT2D eigenvalue weighted by atomic mass is 16.5. The van der Waals surface area contributed by atoms with Crippen molar-refractivity contribution in [3.8, 4) is 0 Å². The lowest BCUT2D eigenvalue weighted by Gasteiger charge is -2.38. The van der Waals surface area contributed by atoms with Gasteiger partial charge in [0.2, 0.25) is 0 Å². The molecule has 0 amide bonds. The summed E-state index contributed by atoms with van der Waals surface area (Å²) < 4.78 is 5.69. The van der Waals surface area contributed by atoms with Crippen molar-refractivity contribution in [1.82, 2.24) is 5.32 Å². The fourth-order valence-corrected chi connectivity index (χ4v) is 4.42. The van der Waals surface area contributed by atoms with E-state index in [1.54, 1.807) is 0 Å². The molecule has 0 saturated heterocycles. The van der Waals surface area contributed by atoms with Crippen molar-refractivity contribution in [1.29, 1.82) is 0 Å². The van der Waals surface area contributed by atoms with Gasteiger partial charge in [-0.2, -0.15) is 0 Å². The van der Waals surface area contributed by atoms with Gasteiger partial charge in [-0.3, -0.25) is 4.79 Å². The van der Waals surface area contributed by atoms with E-state index >= 15 is 0 Å². The van der Waals surface area contributed by atoms with E-state index in [1.807, 2.05) is 80.5 Å². The summed E-state index contributed by atoms with van der Waals surface area (Å²) in [7, 11) is 3.98. The summed E-state index contributed by atoms with van der Waals surface area (Å²) in [6.07, 6.45) is 3.31. The van der Waals surface area contributed by atoms with Crippen LogP contribution in [0.5, 0.6) is 0 Å². The minimum atomic E-state index is -0.387. The lowest BCUT2D eigenvalue weighted by Crippen LogP contribution is -2.40. The van der Waals surface area contributed by atoms with E-state index < -0.39 is 0 Å². The summed E-state index contributed by atoms with van der Waals surface area (Å²) in [4.78, 5) is 28.3. The zero-order valence-electron chi connectivity index (χ0n) is 18.2. The number of rotatable bonds is 5. The standard InChI is InChI=1S/C26H28N2O3/c1-17-23(26(30)31-16-18-8-5-4-6-9-18)24(19-12-14-20(15-13-19)28(2)3)25-21(27-17)10-7-11-22(25)29/h4-6,8-10,12-15,24-25,27H,7,11,16H2,1-3H3. The van der Waals surface area contributed by atoms with Gasteiger partial charge in [-0.05, 0) is 36.6 Å². The quantitative estimate of drug-likeness (QED) is 0.736. The Morgan fingerprint density at radius 2 is 1.77 bits per heavy atom. The first kappa shape index (κ1) is 20.9. The number of nitrogens with one attached hydrogen (secondary N) is 1. The molecule has 1 N–H and O–H groups in total. The van der Waals surface area contributed by atoms with Crippen molar-refractivity contribution in [2.45, 2.75) is 32.3 Å². The molecule has 0 saturated carbocycles. The van der Waals surface area contributed by atoms with Gasteiger partial charge in [0.15, 0.2) is 0 Å². The number of fused-ring (bicyclic) bond motifs is 1. The second-order valence-corrected chi connectivity index (χ2v) is 8.33. The smallest absolute Gasteiger partial charge is 0.336 e. The highest BCUT2D eigenvalue weighted by Crippen LogP contribution is 2.44. The third kappa shape index (κ3) is 4.26. The maximum atomic E-state index is 13.3. The molecule has 2 aromatic carbocycles. The van der Waals surface area contributed by atoms with Gasteiger partial charge in [0.1, 0.15) is 12.4 Å². The number of esters is 1. The van der Waals surface area contributed by atoms with Crippen molar-refractivity contribution in [2.75, 3.05) is 19.0 Å². The highest BCUT2D eigenvalue weighted by Gasteiger charge is 2.43. The number of nitrogens with zero attached hydrogens (tertiary/aromatic N) is 1. The number of anilines is 1. The molecule has 0 radical (unpaired) electrons. The molecule has 0 aromatic heterocycles. The topological polar surface area (TPSA) is 58.6 Å². The Balaban J connectivity index is 1.71. The van der Waals surface area contributed by atoms with E-state index in [4.69, 9.17) is 4.74 Å². The minimum Gasteiger partial charge on any atom is -0.457 e. The zero-order valence-corrected chi connectivity index (χ0v) is 18.2. The van der Waals surface area contributed by atoms with Gasteiger partial charge in [0.25, 0.3) is 0 Å². The van der Waals surface area contributed by atoms with Crippen LogP contribution < -0.4 is 10.2 Å². The fraction of sp³-hybridized carbons (Fsp3) is 0.308. The third-order valence-electron chi connectivity index (χ3n) is 6.02. The molecule has 160 valence electrons. The van der Waals surface area contributed by atoms with Crippen LogP contribution in [-0.4, -0.2) is 25.8 Å². The SMILES string of the molecule is CC1=C(C(=O)OCc2ccccc2)C(c2ccc(N(C)C)cc2)C2C(=O)CCC=C2N1. The van der Waals surface area contributed by atoms with Gasteiger partial charge in [-0.1, -0.05) is 48.5 Å². The summed E-state index contributed by atoms with van der Waals surface area (Å²) in [5.41, 5.74) is 5.12. The molecule has 1 heterocycles. The molecular weight excluding hydrogens is 388 g/mol. The largest absolute Gasteiger partial charge is 0.457 e. The van der Waals surface area contributed by atoms with E-state index in [-0.39, 0.29) is 30.2 Å². The number of Topliss-reactive ketones (excluding diaryl/α,β-unsaturated/α-hetero) is 1. The van der Waals surface area contributed by atoms with E-state index in [0.717, 1.165) is 34.6 Å². The number of hydrogen-bond donors (Lipinski definition) is 1. The van der Waals surface area contributed by atoms with Crippen LogP contribution in [0.4, 0.5) is 5.69 Å². The predicted octanol–water partition coefficient (Wildman–Crippen LogP) is 4.32. The van der Waals surface area contributed by atoms with Crippen molar-refractivity contribution in [3.63, 3.8) is 0 Å². The summed E-state index contributed by atoms with van der Waals surface area (Å²) >= 11 is 0. The normalized spacial score (nSPS) is 20.5. The van der Waals surface area contributed by atoms with Crippen LogP contribution in [-0.2, 0) is 20.9 Å². The van der Waals surface area contributed by atoms with Gasteiger partial charge in [-0.15, -0.1) is 0 Å². The molecule has 5 heteroatoms. The Bertz CT molecular complexity index is 1040. The molecule has 5 nitrogen and oxygen atoms in total. The van der Waals surface area contributed by atoms with Crippen LogP contribution in [0.2, 0.25) is 0 Å². The van der Waals surface area contributed by atoms with Crippen molar-refractivity contribution in [2.24, 2.45) is 5.92 Å².